The Labute approximate surface area is 169 Å². The second-order valence-corrected chi connectivity index (χ2v) is 7.95. The number of carbonyl (C=O) groups excluding carboxylic acids is 1. The summed E-state index contributed by atoms with van der Waals surface area (Å²) in [6.45, 7) is 1.52. The van der Waals surface area contributed by atoms with E-state index in [4.69, 9.17) is 4.74 Å². The molecule has 0 aliphatic heterocycles. The summed E-state index contributed by atoms with van der Waals surface area (Å²) in [5.74, 6) is -1.58. The Balaban J connectivity index is 2.29. The molecular formula is C20H15F4NO4S. The van der Waals surface area contributed by atoms with Crippen LogP contribution in [0.15, 0.2) is 65.7 Å². The summed E-state index contributed by atoms with van der Waals surface area (Å²) in [5, 5.41) is 0. The molecule has 2 aromatic carbocycles. The van der Waals surface area contributed by atoms with Gasteiger partial charge in [-0.1, -0.05) is 18.2 Å². The Morgan fingerprint density at radius 1 is 1.07 bits per heavy atom. The maximum atomic E-state index is 13.5. The molecule has 0 bridgehead atoms. The Bertz CT molecular complexity index is 1180. The Kier molecular flexibility index (Phi) is 5.71. The van der Waals surface area contributed by atoms with Crippen LogP contribution in [0.1, 0.15) is 22.8 Å². The quantitative estimate of drug-likeness (QED) is 0.424. The van der Waals surface area contributed by atoms with Gasteiger partial charge in [-0.25, -0.2) is 21.6 Å². The van der Waals surface area contributed by atoms with E-state index in [-0.39, 0.29) is 22.8 Å². The Morgan fingerprint density at radius 2 is 1.70 bits per heavy atom. The van der Waals surface area contributed by atoms with Crippen LogP contribution >= 0.6 is 0 Å². The minimum absolute atomic E-state index is 0.0107. The fraction of sp³-hybridized carbons (Fsp3) is 0.150. The number of alkyl halides is 3. The van der Waals surface area contributed by atoms with Gasteiger partial charge in [0.1, 0.15) is 5.82 Å². The highest BCUT2D eigenvalue weighted by molar-refractivity contribution is 7.90. The van der Waals surface area contributed by atoms with Gasteiger partial charge in [-0.2, -0.15) is 13.2 Å². The smallest absolute Gasteiger partial charge is 0.417 e. The Morgan fingerprint density at radius 3 is 2.30 bits per heavy atom. The lowest BCUT2D eigenvalue weighted by atomic mass is 10.0. The van der Waals surface area contributed by atoms with Crippen molar-refractivity contribution in [3.8, 4) is 11.3 Å². The van der Waals surface area contributed by atoms with Crippen LogP contribution in [0.2, 0.25) is 0 Å². The lowest BCUT2D eigenvalue weighted by Gasteiger charge is -2.15. The van der Waals surface area contributed by atoms with Gasteiger partial charge in [-0.15, -0.1) is 0 Å². The normalized spacial score (nSPS) is 12.0. The van der Waals surface area contributed by atoms with Crippen LogP contribution in [-0.4, -0.2) is 25.0 Å². The van der Waals surface area contributed by atoms with Crippen LogP contribution in [0.3, 0.4) is 0 Å². The second kappa shape index (κ2) is 7.94. The number of aromatic nitrogens is 1. The molecule has 0 saturated carbocycles. The summed E-state index contributed by atoms with van der Waals surface area (Å²) < 4.78 is 85.4. The van der Waals surface area contributed by atoms with Gasteiger partial charge < -0.3 is 4.74 Å². The maximum Gasteiger partial charge on any atom is 0.417 e. The summed E-state index contributed by atoms with van der Waals surface area (Å²) in [6, 6.07) is 9.19. The average Bonchev–Trinajstić information content (AvgIpc) is 3.14. The number of ether oxygens (including phenoxy) is 1. The molecule has 30 heavy (non-hydrogen) atoms. The van der Waals surface area contributed by atoms with E-state index < -0.39 is 39.1 Å². The van der Waals surface area contributed by atoms with Crippen LogP contribution in [0, 0.1) is 5.82 Å². The topological polar surface area (TPSA) is 65.4 Å². The first kappa shape index (κ1) is 21.6. The third-order valence-electron chi connectivity index (χ3n) is 4.18. The van der Waals surface area contributed by atoms with Crippen LogP contribution in [0.4, 0.5) is 17.6 Å². The molecule has 0 saturated heterocycles. The minimum atomic E-state index is -4.77. The number of halogens is 4. The summed E-state index contributed by atoms with van der Waals surface area (Å²) in [7, 11) is -4.45. The van der Waals surface area contributed by atoms with Gasteiger partial charge in [0.25, 0.3) is 10.0 Å². The van der Waals surface area contributed by atoms with Crippen molar-refractivity contribution in [3.63, 3.8) is 0 Å². The Hall–Kier alpha value is -3.14. The second-order valence-electron chi connectivity index (χ2n) is 6.13. The molecule has 10 heteroatoms. The first-order valence-corrected chi connectivity index (χ1v) is 10.1. The molecule has 0 unspecified atom stereocenters. The summed E-state index contributed by atoms with van der Waals surface area (Å²) in [4.78, 5) is 11.8. The van der Waals surface area contributed by atoms with Gasteiger partial charge in [-0.3, -0.25) is 0 Å². The molecule has 0 spiro atoms. The number of esters is 1. The molecule has 3 aromatic rings. The van der Waals surface area contributed by atoms with Crippen molar-refractivity contribution in [3.05, 3.63) is 77.7 Å². The van der Waals surface area contributed by atoms with Crippen molar-refractivity contribution >= 4 is 16.0 Å². The maximum absolute atomic E-state index is 13.5. The molecule has 5 nitrogen and oxygen atoms in total. The van der Waals surface area contributed by atoms with Gasteiger partial charge in [0.15, 0.2) is 0 Å². The number of hydrogen-bond acceptors (Lipinski definition) is 4. The van der Waals surface area contributed by atoms with E-state index in [0.717, 1.165) is 48.7 Å². The molecule has 1 aromatic heterocycles. The molecule has 3 rings (SSSR count). The molecule has 0 aliphatic carbocycles. The highest BCUT2D eigenvalue weighted by Gasteiger charge is 2.35. The highest BCUT2D eigenvalue weighted by atomic mass is 32.2. The fourth-order valence-electron chi connectivity index (χ4n) is 2.84. The molecule has 0 radical (unpaired) electrons. The van der Waals surface area contributed by atoms with Gasteiger partial charge in [0.2, 0.25) is 0 Å². The first-order valence-electron chi connectivity index (χ1n) is 8.63. The van der Waals surface area contributed by atoms with E-state index in [1.807, 2.05) is 0 Å². The summed E-state index contributed by atoms with van der Waals surface area (Å²) in [6.07, 6.45) is -3.88. The SMILES string of the molecule is CCOC(=O)c1cc(-c2ccccc2C(F)(F)F)n(S(=O)(=O)c2ccc(F)cc2)c1. The number of benzene rings is 2. The monoisotopic (exact) mass is 441 g/mol. The van der Waals surface area contributed by atoms with E-state index in [2.05, 4.69) is 0 Å². The van der Waals surface area contributed by atoms with Gasteiger partial charge in [0, 0.05) is 11.8 Å². The summed E-state index contributed by atoms with van der Waals surface area (Å²) in [5.41, 5.74) is -2.13. The van der Waals surface area contributed by atoms with Crippen molar-refractivity contribution in [2.75, 3.05) is 6.61 Å². The zero-order valence-electron chi connectivity index (χ0n) is 15.5. The van der Waals surface area contributed by atoms with Crippen molar-refractivity contribution in [2.24, 2.45) is 0 Å². The van der Waals surface area contributed by atoms with E-state index in [9.17, 15) is 30.8 Å². The molecular weight excluding hydrogens is 426 g/mol. The highest BCUT2D eigenvalue weighted by Crippen LogP contribution is 2.38. The van der Waals surface area contributed by atoms with E-state index in [0.29, 0.717) is 3.97 Å². The standard InChI is InChI=1S/C20H15F4NO4S/c1-2-29-19(26)13-11-18(16-5-3-4-6-17(16)20(22,23)24)25(12-13)30(27,28)15-9-7-14(21)8-10-15/h3-12H,2H2,1H3. The molecule has 0 fully saturated rings. The van der Waals surface area contributed by atoms with Crippen molar-refractivity contribution in [2.45, 2.75) is 18.0 Å². The molecule has 158 valence electrons. The zero-order valence-corrected chi connectivity index (χ0v) is 16.3. The van der Waals surface area contributed by atoms with Crippen molar-refractivity contribution < 1.29 is 35.5 Å². The first-order chi connectivity index (χ1) is 14.1. The van der Waals surface area contributed by atoms with Gasteiger partial charge >= 0.3 is 12.1 Å². The minimum Gasteiger partial charge on any atom is -0.462 e. The van der Waals surface area contributed by atoms with Crippen LogP contribution in [0.5, 0.6) is 0 Å². The van der Waals surface area contributed by atoms with Crippen molar-refractivity contribution in [1.29, 1.82) is 0 Å². The lowest BCUT2D eigenvalue weighted by Crippen LogP contribution is -2.15. The van der Waals surface area contributed by atoms with Crippen LogP contribution in [-0.2, 0) is 20.9 Å². The van der Waals surface area contributed by atoms with E-state index >= 15 is 0 Å². The number of carbonyl (C=O) groups is 1. The van der Waals surface area contributed by atoms with E-state index in [1.54, 1.807) is 0 Å². The van der Waals surface area contributed by atoms with Gasteiger partial charge in [0.05, 0.1) is 28.3 Å². The molecule has 0 amide bonds. The van der Waals surface area contributed by atoms with Crippen LogP contribution in [0.25, 0.3) is 11.3 Å². The van der Waals surface area contributed by atoms with Crippen LogP contribution < -0.4 is 0 Å². The number of nitrogens with zero attached hydrogens (tertiary/aromatic N) is 1. The lowest BCUT2D eigenvalue weighted by molar-refractivity contribution is -0.137. The molecule has 1 heterocycles. The fourth-order valence-corrected chi connectivity index (χ4v) is 4.21. The predicted octanol–water partition coefficient (Wildman–Crippen LogP) is 4.73. The summed E-state index contributed by atoms with van der Waals surface area (Å²) >= 11 is 0. The van der Waals surface area contributed by atoms with Crippen molar-refractivity contribution in [1.82, 2.24) is 3.97 Å². The predicted molar refractivity (Wildman–Crippen MR) is 99.8 cm³/mol. The molecule has 0 N–H and O–H groups in total. The average molecular weight is 441 g/mol. The third-order valence-corrected chi connectivity index (χ3v) is 5.86. The number of hydrogen-bond donors (Lipinski definition) is 0. The third kappa shape index (κ3) is 4.09. The molecule has 0 aliphatic rings. The number of rotatable bonds is 5. The molecule has 0 atom stereocenters. The van der Waals surface area contributed by atoms with Gasteiger partial charge in [-0.05, 0) is 43.3 Å². The largest absolute Gasteiger partial charge is 0.462 e. The van der Waals surface area contributed by atoms with E-state index in [1.165, 1.54) is 19.1 Å². The zero-order chi connectivity index (χ0) is 22.1.